The number of hydrogen-bond donors (Lipinski definition) is 2. The van der Waals surface area contributed by atoms with Crippen molar-refractivity contribution in [3.05, 3.63) is 45.5 Å². The first-order valence-electron chi connectivity index (χ1n) is 4.94. The Labute approximate surface area is 102 Å². The molecule has 17 heavy (non-hydrogen) atoms. The minimum Gasteiger partial charge on any atom is -0.399 e. The third-order valence-electron chi connectivity index (χ3n) is 2.15. The lowest BCUT2D eigenvalue weighted by Crippen LogP contribution is -2.23. The number of hydrogen-bond acceptors (Lipinski definition) is 4. The number of nitrogens with zero attached hydrogens (tertiary/aromatic N) is 1. The molecule has 6 heteroatoms. The van der Waals surface area contributed by atoms with Crippen molar-refractivity contribution in [2.45, 2.75) is 6.54 Å². The van der Waals surface area contributed by atoms with Crippen LogP contribution in [0.3, 0.4) is 0 Å². The number of amides is 1. The van der Waals surface area contributed by atoms with Gasteiger partial charge in [0.2, 0.25) is 5.91 Å². The summed E-state index contributed by atoms with van der Waals surface area (Å²) in [6, 6.07) is 6.83. The maximum Gasteiger partial charge on any atom is 0.307 e. The molecule has 0 unspecified atom stereocenters. The van der Waals surface area contributed by atoms with E-state index in [2.05, 4.69) is 5.32 Å². The molecular formula is C11H11N3O2S. The van der Waals surface area contributed by atoms with Crippen LogP contribution in [0, 0.1) is 0 Å². The van der Waals surface area contributed by atoms with Crippen LogP contribution in [-0.2, 0) is 11.3 Å². The topological polar surface area (TPSA) is 77.1 Å². The average molecular weight is 249 g/mol. The van der Waals surface area contributed by atoms with Crippen molar-refractivity contribution in [2.75, 3.05) is 11.1 Å². The van der Waals surface area contributed by atoms with E-state index >= 15 is 0 Å². The summed E-state index contributed by atoms with van der Waals surface area (Å²) in [6.07, 6.45) is 1.59. The fourth-order valence-electron chi connectivity index (χ4n) is 1.33. The first-order chi connectivity index (χ1) is 8.15. The largest absolute Gasteiger partial charge is 0.399 e. The quantitative estimate of drug-likeness (QED) is 0.800. The molecule has 0 saturated heterocycles. The van der Waals surface area contributed by atoms with Gasteiger partial charge in [0, 0.05) is 23.0 Å². The van der Waals surface area contributed by atoms with E-state index in [0.717, 1.165) is 11.3 Å². The fourth-order valence-corrected chi connectivity index (χ4v) is 1.91. The summed E-state index contributed by atoms with van der Waals surface area (Å²) < 4.78 is 1.36. The van der Waals surface area contributed by atoms with E-state index in [4.69, 9.17) is 5.73 Å². The predicted octanol–water partition coefficient (Wildman–Crippen LogP) is 1.13. The number of nitrogen functional groups attached to an aromatic ring is 1. The van der Waals surface area contributed by atoms with Gasteiger partial charge in [-0.25, -0.2) is 0 Å². The second-order valence-electron chi connectivity index (χ2n) is 3.47. The Morgan fingerprint density at radius 1 is 1.35 bits per heavy atom. The Hall–Kier alpha value is -2.08. The van der Waals surface area contributed by atoms with E-state index in [-0.39, 0.29) is 17.3 Å². The molecule has 5 nitrogen and oxygen atoms in total. The monoisotopic (exact) mass is 249 g/mol. The van der Waals surface area contributed by atoms with Gasteiger partial charge in [-0.05, 0) is 24.3 Å². The van der Waals surface area contributed by atoms with Crippen LogP contribution in [0.5, 0.6) is 0 Å². The standard InChI is InChI=1S/C11H11N3O2S/c12-8-1-3-9(4-2-8)13-10(15)7-14-5-6-17-11(14)16/h1-6H,7,12H2,(H,13,15). The van der Waals surface area contributed by atoms with Crippen molar-refractivity contribution in [3.63, 3.8) is 0 Å². The maximum atomic E-state index is 11.6. The lowest BCUT2D eigenvalue weighted by molar-refractivity contribution is -0.116. The molecule has 88 valence electrons. The van der Waals surface area contributed by atoms with Crippen molar-refractivity contribution >= 4 is 28.6 Å². The van der Waals surface area contributed by atoms with E-state index in [1.165, 1.54) is 4.57 Å². The first-order valence-corrected chi connectivity index (χ1v) is 5.82. The highest BCUT2D eigenvalue weighted by Crippen LogP contribution is 2.10. The molecule has 0 saturated carbocycles. The summed E-state index contributed by atoms with van der Waals surface area (Å²) >= 11 is 1.07. The van der Waals surface area contributed by atoms with Gasteiger partial charge in [-0.1, -0.05) is 11.3 Å². The predicted molar refractivity (Wildman–Crippen MR) is 68.1 cm³/mol. The van der Waals surface area contributed by atoms with E-state index in [1.807, 2.05) is 0 Å². The van der Waals surface area contributed by atoms with Crippen LogP contribution < -0.4 is 15.9 Å². The SMILES string of the molecule is Nc1ccc(NC(=O)Cn2ccsc2=O)cc1. The van der Waals surface area contributed by atoms with Crippen LogP contribution in [0.25, 0.3) is 0 Å². The van der Waals surface area contributed by atoms with Gasteiger partial charge in [0.05, 0.1) is 0 Å². The number of thiazole rings is 1. The molecule has 0 fully saturated rings. The Balaban J connectivity index is 2.00. The van der Waals surface area contributed by atoms with Crippen molar-refractivity contribution in [1.29, 1.82) is 0 Å². The molecule has 1 aromatic carbocycles. The van der Waals surface area contributed by atoms with Gasteiger partial charge in [-0.3, -0.25) is 14.2 Å². The fraction of sp³-hybridized carbons (Fsp3) is 0.0909. The number of aromatic nitrogens is 1. The van der Waals surface area contributed by atoms with Gasteiger partial charge in [-0.15, -0.1) is 0 Å². The van der Waals surface area contributed by atoms with Crippen LogP contribution in [0.4, 0.5) is 11.4 Å². The van der Waals surface area contributed by atoms with Gasteiger partial charge in [-0.2, -0.15) is 0 Å². The molecule has 0 atom stereocenters. The molecule has 3 N–H and O–H groups in total. The highest BCUT2D eigenvalue weighted by Gasteiger charge is 2.05. The Kier molecular flexibility index (Phi) is 3.24. The number of nitrogens with one attached hydrogen (secondary N) is 1. The van der Waals surface area contributed by atoms with Gasteiger partial charge in [0.1, 0.15) is 6.54 Å². The third-order valence-corrected chi connectivity index (χ3v) is 2.85. The zero-order valence-electron chi connectivity index (χ0n) is 8.92. The number of benzene rings is 1. The number of carbonyl (C=O) groups is 1. The summed E-state index contributed by atoms with van der Waals surface area (Å²) in [6.45, 7) is 0.0205. The van der Waals surface area contributed by atoms with Crippen molar-refractivity contribution in [1.82, 2.24) is 4.57 Å². The lowest BCUT2D eigenvalue weighted by Gasteiger charge is -2.05. The van der Waals surface area contributed by atoms with Crippen LogP contribution in [0.15, 0.2) is 40.6 Å². The number of rotatable bonds is 3. The molecule has 0 aliphatic heterocycles. The van der Waals surface area contributed by atoms with Gasteiger partial charge in [0.25, 0.3) is 0 Å². The number of nitrogens with two attached hydrogens (primary N) is 1. The van der Waals surface area contributed by atoms with E-state index in [0.29, 0.717) is 11.4 Å². The maximum absolute atomic E-state index is 11.6. The first kappa shape index (κ1) is 11.4. The summed E-state index contributed by atoms with van der Waals surface area (Å²) in [7, 11) is 0. The molecule has 0 bridgehead atoms. The zero-order chi connectivity index (χ0) is 12.3. The summed E-state index contributed by atoms with van der Waals surface area (Å²) in [4.78, 5) is 22.7. The van der Waals surface area contributed by atoms with Crippen LogP contribution in [0.2, 0.25) is 0 Å². The van der Waals surface area contributed by atoms with E-state index in [9.17, 15) is 9.59 Å². The molecule has 1 aromatic heterocycles. The number of carbonyl (C=O) groups excluding carboxylic acids is 1. The molecule has 2 rings (SSSR count). The highest BCUT2D eigenvalue weighted by molar-refractivity contribution is 7.07. The van der Waals surface area contributed by atoms with Crippen molar-refractivity contribution < 1.29 is 4.79 Å². The second kappa shape index (κ2) is 4.84. The van der Waals surface area contributed by atoms with Crippen LogP contribution in [-0.4, -0.2) is 10.5 Å². The van der Waals surface area contributed by atoms with Crippen molar-refractivity contribution in [2.24, 2.45) is 0 Å². The van der Waals surface area contributed by atoms with Gasteiger partial charge < -0.3 is 11.1 Å². The summed E-state index contributed by atoms with van der Waals surface area (Å²) in [5, 5.41) is 4.34. The molecule has 0 spiro atoms. The van der Waals surface area contributed by atoms with Gasteiger partial charge in [0.15, 0.2) is 0 Å². The minimum atomic E-state index is -0.240. The van der Waals surface area contributed by atoms with Crippen LogP contribution >= 0.6 is 11.3 Å². The normalized spacial score (nSPS) is 10.1. The molecule has 1 amide bonds. The molecule has 2 aromatic rings. The molecule has 1 heterocycles. The van der Waals surface area contributed by atoms with E-state index < -0.39 is 0 Å². The summed E-state index contributed by atoms with van der Waals surface area (Å²) in [5.41, 5.74) is 6.83. The molecule has 0 aliphatic rings. The number of anilines is 2. The van der Waals surface area contributed by atoms with Gasteiger partial charge >= 0.3 is 4.87 Å². The van der Waals surface area contributed by atoms with Crippen LogP contribution in [0.1, 0.15) is 0 Å². The smallest absolute Gasteiger partial charge is 0.307 e. The zero-order valence-corrected chi connectivity index (χ0v) is 9.74. The Bertz CT molecular complexity index is 571. The minimum absolute atomic E-state index is 0.0205. The average Bonchev–Trinajstić information content (AvgIpc) is 2.68. The Morgan fingerprint density at radius 3 is 2.65 bits per heavy atom. The van der Waals surface area contributed by atoms with Crippen molar-refractivity contribution in [3.8, 4) is 0 Å². The molecular weight excluding hydrogens is 238 g/mol. The highest BCUT2D eigenvalue weighted by atomic mass is 32.1. The lowest BCUT2D eigenvalue weighted by atomic mass is 10.3. The van der Waals surface area contributed by atoms with E-state index in [1.54, 1.807) is 35.8 Å². The molecule has 0 radical (unpaired) electrons. The third kappa shape index (κ3) is 2.94. The second-order valence-corrected chi connectivity index (χ2v) is 4.32. The molecule has 0 aliphatic carbocycles. The summed E-state index contributed by atoms with van der Waals surface area (Å²) in [5.74, 6) is -0.240. The Morgan fingerprint density at radius 2 is 2.06 bits per heavy atom.